The molecule has 0 radical (unpaired) electrons. The Hall–Kier alpha value is -2.39. The molecule has 0 aliphatic carbocycles. The Morgan fingerprint density at radius 3 is 2.25 bits per heavy atom. The van der Waals surface area contributed by atoms with Crippen LogP contribution in [0.2, 0.25) is 0 Å². The highest BCUT2D eigenvalue weighted by Gasteiger charge is 2.23. The number of hydrogen-bond acceptors (Lipinski definition) is 3. The van der Waals surface area contributed by atoms with Gasteiger partial charge in [-0.25, -0.2) is 26.3 Å². The monoisotopic (exact) mass is 358 g/mol. The number of amides is 1. The minimum Gasteiger partial charge on any atom is -0.351 e. The summed E-state index contributed by atoms with van der Waals surface area (Å²) in [7, 11) is -4.38. The molecule has 0 saturated heterocycles. The summed E-state index contributed by atoms with van der Waals surface area (Å²) >= 11 is 0. The van der Waals surface area contributed by atoms with Crippen molar-refractivity contribution in [3.8, 4) is 0 Å². The molecule has 0 aliphatic rings. The fraction of sp³-hybridized carbons (Fsp3) is 0.133. The Bertz CT molecular complexity index is 843. The summed E-state index contributed by atoms with van der Waals surface area (Å²) in [6.07, 6.45) is 0. The number of carbonyl (C=O) groups excluding carboxylic acids is 1. The summed E-state index contributed by atoms with van der Waals surface area (Å²) in [6, 6.07) is 9.38. The van der Waals surface area contributed by atoms with Crippen LogP contribution in [0, 0.1) is 17.5 Å². The first-order valence-corrected chi connectivity index (χ1v) is 8.27. The quantitative estimate of drug-likeness (QED) is 0.611. The van der Waals surface area contributed by atoms with Crippen molar-refractivity contribution < 1.29 is 26.4 Å². The smallest absolute Gasteiger partial charge is 0.251 e. The second kappa shape index (κ2) is 7.45. The zero-order valence-electron chi connectivity index (χ0n) is 12.2. The second-order valence-corrected chi connectivity index (χ2v) is 6.43. The molecule has 1 amide bonds. The van der Waals surface area contributed by atoms with Crippen LogP contribution >= 0.6 is 0 Å². The highest BCUT2D eigenvalue weighted by Crippen LogP contribution is 2.19. The fourth-order valence-corrected chi connectivity index (χ4v) is 2.95. The van der Waals surface area contributed by atoms with Gasteiger partial charge in [-0.3, -0.25) is 4.79 Å². The van der Waals surface area contributed by atoms with Crippen LogP contribution in [0.25, 0.3) is 0 Å². The lowest BCUT2D eigenvalue weighted by molar-refractivity contribution is 0.0954. The molecule has 2 aromatic rings. The fourth-order valence-electron chi connectivity index (χ4n) is 1.85. The van der Waals surface area contributed by atoms with Crippen LogP contribution in [0.5, 0.6) is 0 Å². The number of rotatable bonds is 6. The van der Waals surface area contributed by atoms with E-state index in [-0.39, 0.29) is 13.1 Å². The summed E-state index contributed by atoms with van der Waals surface area (Å²) in [5.41, 5.74) is 0.395. The molecule has 2 N–H and O–H groups in total. The predicted molar refractivity (Wildman–Crippen MR) is 80.3 cm³/mol. The van der Waals surface area contributed by atoms with Gasteiger partial charge in [0.2, 0.25) is 10.0 Å². The maximum atomic E-state index is 13.5. The zero-order chi connectivity index (χ0) is 17.7. The van der Waals surface area contributed by atoms with E-state index in [0.29, 0.717) is 17.7 Å². The standard InChI is InChI=1S/C15H13F3N2O3S/c16-11-6-7-12(14(18)13(11)17)24(22,23)20-9-8-19-15(21)10-4-2-1-3-5-10/h1-7,20H,8-9H2,(H,19,21). The van der Waals surface area contributed by atoms with Crippen molar-refractivity contribution >= 4 is 15.9 Å². The van der Waals surface area contributed by atoms with Crippen molar-refractivity contribution in [1.82, 2.24) is 10.0 Å². The molecule has 2 aromatic carbocycles. The minimum absolute atomic E-state index is 0.0712. The summed E-state index contributed by atoms with van der Waals surface area (Å²) in [4.78, 5) is 10.7. The highest BCUT2D eigenvalue weighted by atomic mass is 32.2. The first-order valence-electron chi connectivity index (χ1n) is 6.79. The van der Waals surface area contributed by atoms with Gasteiger partial charge in [0.15, 0.2) is 17.5 Å². The molecular weight excluding hydrogens is 345 g/mol. The zero-order valence-corrected chi connectivity index (χ0v) is 13.0. The van der Waals surface area contributed by atoms with Crippen molar-refractivity contribution in [2.45, 2.75) is 4.90 Å². The van der Waals surface area contributed by atoms with Crippen LogP contribution < -0.4 is 10.0 Å². The van der Waals surface area contributed by atoms with E-state index in [4.69, 9.17) is 0 Å². The van der Waals surface area contributed by atoms with Gasteiger partial charge in [-0.05, 0) is 24.3 Å². The molecule has 9 heteroatoms. The van der Waals surface area contributed by atoms with E-state index in [1.807, 2.05) is 4.72 Å². The van der Waals surface area contributed by atoms with Gasteiger partial charge >= 0.3 is 0 Å². The van der Waals surface area contributed by atoms with Crippen LogP contribution in [-0.4, -0.2) is 27.4 Å². The Kier molecular flexibility index (Phi) is 5.58. The maximum Gasteiger partial charge on any atom is 0.251 e. The van der Waals surface area contributed by atoms with Crippen LogP contribution in [-0.2, 0) is 10.0 Å². The van der Waals surface area contributed by atoms with Gasteiger partial charge in [-0.15, -0.1) is 0 Å². The van der Waals surface area contributed by atoms with Crippen LogP contribution in [0.4, 0.5) is 13.2 Å². The third-order valence-corrected chi connectivity index (χ3v) is 4.51. The van der Waals surface area contributed by atoms with E-state index in [2.05, 4.69) is 5.32 Å². The topological polar surface area (TPSA) is 75.3 Å². The second-order valence-electron chi connectivity index (χ2n) is 4.69. The van der Waals surface area contributed by atoms with Crippen molar-refractivity contribution in [1.29, 1.82) is 0 Å². The molecule has 128 valence electrons. The largest absolute Gasteiger partial charge is 0.351 e. The molecule has 0 aliphatic heterocycles. The van der Waals surface area contributed by atoms with Gasteiger partial charge in [-0.2, -0.15) is 0 Å². The van der Waals surface area contributed by atoms with E-state index in [0.717, 1.165) is 0 Å². The van der Waals surface area contributed by atoms with Gasteiger partial charge in [0.25, 0.3) is 5.91 Å². The molecule has 0 heterocycles. The average Bonchev–Trinajstić information content (AvgIpc) is 2.57. The Morgan fingerprint density at radius 1 is 0.917 bits per heavy atom. The van der Waals surface area contributed by atoms with Gasteiger partial charge in [0.05, 0.1) is 0 Å². The third-order valence-electron chi connectivity index (χ3n) is 3.03. The SMILES string of the molecule is O=C(NCCNS(=O)(=O)c1ccc(F)c(F)c1F)c1ccccc1. The van der Waals surface area contributed by atoms with E-state index < -0.39 is 38.3 Å². The number of nitrogens with one attached hydrogen (secondary N) is 2. The summed E-state index contributed by atoms with van der Waals surface area (Å²) < 4.78 is 65.2. The predicted octanol–water partition coefficient (Wildman–Crippen LogP) is 1.81. The Balaban J connectivity index is 1.94. The summed E-state index contributed by atoms with van der Waals surface area (Å²) in [5, 5.41) is 2.46. The normalized spacial score (nSPS) is 11.3. The van der Waals surface area contributed by atoms with E-state index >= 15 is 0 Å². The van der Waals surface area contributed by atoms with E-state index in [1.165, 1.54) is 0 Å². The molecule has 0 spiro atoms. The molecule has 0 atom stereocenters. The minimum atomic E-state index is -4.38. The van der Waals surface area contributed by atoms with Crippen molar-refractivity contribution in [2.24, 2.45) is 0 Å². The maximum absolute atomic E-state index is 13.5. The van der Waals surface area contributed by atoms with Gasteiger partial charge in [0.1, 0.15) is 4.90 Å². The molecule has 0 saturated carbocycles. The number of hydrogen-bond donors (Lipinski definition) is 2. The molecule has 2 rings (SSSR count). The Morgan fingerprint density at radius 2 is 1.58 bits per heavy atom. The molecule has 0 fully saturated rings. The molecule has 0 aromatic heterocycles. The molecular formula is C15H13F3N2O3S. The average molecular weight is 358 g/mol. The van der Waals surface area contributed by atoms with Crippen LogP contribution in [0.3, 0.4) is 0 Å². The van der Waals surface area contributed by atoms with Crippen molar-refractivity contribution in [3.63, 3.8) is 0 Å². The van der Waals surface area contributed by atoms with Crippen LogP contribution in [0.1, 0.15) is 10.4 Å². The van der Waals surface area contributed by atoms with E-state index in [9.17, 15) is 26.4 Å². The Labute approximate surface area is 136 Å². The summed E-state index contributed by atoms with van der Waals surface area (Å²) in [5.74, 6) is -5.55. The van der Waals surface area contributed by atoms with Crippen molar-refractivity contribution in [2.75, 3.05) is 13.1 Å². The molecule has 0 unspecified atom stereocenters. The molecule has 5 nitrogen and oxygen atoms in total. The number of sulfonamides is 1. The number of benzene rings is 2. The van der Waals surface area contributed by atoms with E-state index in [1.54, 1.807) is 30.3 Å². The molecule has 24 heavy (non-hydrogen) atoms. The van der Waals surface area contributed by atoms with Gasteiger partial charge < -0.3 is 5.32 Å². The summed E-state index contributed by atoms with van der Waals surface area (Å²) in [6.45, 7) is -0.322. The third kappa shape index (κ3) is 4.12. The van der Waals surface area contributed by atoms with Crippen LogP contribution in [0.15, 0.2) is 47.4 Å². The number of carbonyl (C=O) groups is 1. The first-order chi connectivity index (χ1) is 11.3. The lowest BCUT2D eigenvalue weighted by Crippen LogP contribution is -2.35. The molecule has 0 bridgehead atoms. The van der Waals surface area contributed by atoms with Gasteiger partial charge in [0, 0.05) is 18.7 Å². The van der Waals surface area contributed by atoms with Crippen molar-refractivity contribution in [3.05, 3.63) is 65.5 Å². The lowest BCUT2D eigenvalue weighted by Gasteiger charge is -2.09. The highest BCUT2D eigenvalue weighted by molar-refractivity contribution is 7.89. The lowest BCUT2D eigenvalue weighted by atomic mass is 10.2. The van der Waals surface area contributed by atoms with Gasteiger partial charge in [-0.1, -0.05) is 18.2 Å². The number of halogens is 3. The first kappa shape index (κ1) is 18.0.